The van der Waals surface area contributed by atoms with E-state index in [2.05, 4.69) is 5.32 Å². The molecule has 0 bridgehead atoms. The predicted molar refractivity (Wildman–Crippen MR) is 66.4 cm³/mol. The molecule has 0 spiro atoms. The fourth-order valence-corrected chi connectivity index (χ4v) is 2.03. The largest absolute Gasteiger partial charge is 0.457 e. The highest BCUT2D eigenvalue weighted by molar-refractivity contribution is 5.73. The average Bonchev–Trinajstić information content (AvgIpc) is 2.37. The highest BCUT2D eigenvalue weighted by Gasteiger charge is 2.47. The molecule has 4 N–H and O–H groups in total. The molecule has 8 nitrogen and oxygen atoms in total. The van der Waals surface area contributed by atoms with E-state index in [9.17, 15) is 19.8 Å². The normalized spacial score (nSPS) is 33.5. The van der Waals surface area contributed by atoms with E-state index >= 15 is 0 Å². The van der Waals surface area contributed by atoms with E-state index in [1.165, 1.54) is 6.92 Å². The van der Waals surface area contributed by atoms with Crippen LogP contribution >= 0.6 is 0 Å². The average molecular weight is 291 g/mol. The zero-order chi connectivity index (χ0) is 15.3. The molecule has 0 radical (unpaired) electrons. The standard InChI is InChI=1S/C12H21NO7/c1-3-4-8(16)20-11-9(13-6(2)15)12(18)19-7(5-14)10(11)17/h7,9-12,14,17-18H,3-5H2,1-2H3,(H,13,15)/t7?,9?,10-,11-,12?/m1/s1. The lowest BCUT2D eigenvalue weighted by atomic mass is 9.96. The van der Waals surface area contributed by atoms with Crippen LogP contribution in [0, 0.1) is 0 Å². The van der Waals surface area contributed by atoms with Gasteiger partial charge < -0.3 is 30.1 Å². The molecule has 5 atom stereocenters. The second-order valence-corrected chi connectivity index (χ2v) is 4.67. The number of amides is 1. The Labute approximate surface area is 116 Å². The van der Waals surface area contributed by atoms with Gasteiger partial charge in [0, 0.05) is 13.3 Å². The van der Waals surface area contributed by atoms with Crippen molar-refractivity contribution >= 4 is 11.9 Å². The number of ether oxygens (including phenoxy) is 2. The number of aliphatic hydroxyl groups excluding tert-OH is 3. The van der Waals surface area contributed by atoms with Gasteiger partial charge in [-0.15, -0.1) is 0 Å². The van der Waals surface area contributed by atoms with Gasteiger partial charge in [0.1, 0.15) is 18.2 Å². The van der Waals surface area contributed by atoms with Gasteiger partial charge >= 0.3 is 5.97 Å². The second kappa shape index (κ2) is 7.53. The molecule has 1 saturated heterocycles. The summed E-state index contributed by atoms with van der Waals surface area (Å²) in [6.07, 6.45) is -4.39. The van der Waals surface area contributed by atoms with E-state index in [1.54, 1.807) is 6.92 Å². The Balaban J connectivity index is 2.87. The summed E-state index contributed by atoms with van der Waals surface area (Å²) in [6.45, 7) is 2.47. The van der Waals surface area contributed by atoms with Crippen molar-refractivity contribution in [2.24, 2.45) is 0 Å². The minimum Gasteiger partial charge on any atom is -0.457 e. The van der Waals surface area contributed by atoms with Crippen molar-refractivity contribution in [1.82, 2.24) is 5.32 Å². The lowest BCUT2D eigenvalue weighted by molar-refractivity contribution is -0.258. The first-order valence-corrected chi connectivity index (χ1v) is 6.49. The van der Waals surface area contributed by atoms with E-state index in [1.807, 2.05) is 0 Å². The molecular weight excluding hydrogens is 270 g/mol. The molecule has 1 fully saturated rings. The molecular formula is C12H21NO7. The van der Waals surface area contributed by atoms with Gasteiger partial charge in [-0.1, -0.05) is 6.92 Å². The Morgan fingerprint density at radius 3 is 2.50 bits per heavy atom. The van der Waals surface area contributed by atoms with Crippen LogP contribution in [0.3, 0.4) is 0 Å². The molecule has 116 valence electrons. The van der Waals surface area contributed by atoms with Gasteiger partial charge in [-0.25, -0.2) is 0 Å². The molecule has 20 heavy (non-hydrogen) atoms. The van der Waals surface area contributed by atoms with Crippen molar-refractivity contribution in [3.63, 3.8) is 0 Å². The van der Waals surface area contributed by atoms with Crippen LogP contribution in [0.25, 0.3) is 0 Å². The second-order valence-electron chi connectivity index (χ2n) is 4.67. The molecule has 0 saturated carbocycles. The number of hydrogen-bond acceptors (Lipinski definition) is 7. The summed E-state index contributed by atoms with van der Waals surface area (Å²) in [5.74, 6) is -1.03. The molecule has 1 rings (SSSR count). The Kier molecular flexibility index (Phi) is 6.34. The summed E-state index contributed by atoms with van der Waals surface area (Å²) in [7, 11) is 0. The fraction of sp³-hybridized carbons (Fsp3) is 0.833. The number of hydrogen-bond donors (Lipinski definition) is 4. The molecule has 0 aromatic heterocycles. The van der Waals surface area contributed by atoms with E-state index in [0.29, 0.717) is 6.42 Å². The Morgan fingerprint density at radius 2 is 2.00 bits per heavy atom. The zero-order valence-electron chi connectivity index (χ0n) is 11.5. The molecule has 3 unspecified atom stereocenters. The SMILES string of the molecule is CCCC(=O)O[C@@H]1C(NC(C)=O)C(O)OC(CO)[C@H]1O. The molecule has 1 amide bonds. The molecule has 0 aromatic carbocycles. The number of rotatable bonds is 5. The number of carbonyl (C=O) groups is 2. The fourth-order valence-electron chi connectivity index (χ4n) is 2.03. The van der Waals surface area contributed by atoms with E-state index < -0.39 is 49.1 Å². The van der Waals surface area contributed by atoms with Crippen LogP contribution in [0.15, 0.2) is 0 Å². The molecule has 1 heterocycles. The third-order valence-corrected chi connectivity index (χ3v) is 2.96. The summed E-state index contributed by atoms with van der Waals surface area (Å²) in [5, 5.41) is 31.3. The van der Waals surface area contributed by atoms with Gasteiger partial charge in [-0.3, -0.25) is 9.59 Å². The number of aliphatic hydroxyl groups is 3. The van der Waals surface area contributed by atoms with Crippen LogP contribution in [0.2, 0.25) is 0 Å². The van der Waals surface area contributed by atoms with Gasteiger partial charge in [0.15, 0.2) is 12.4 Å². The number of esters is 1. The first-order valence-electron chi connectivity index (χ1n) is 6.49. The minimum atomic E-state index is -1.49. The van der Waals surface area contributed by atoms with Crippen molar-refractivity contribution in [2.45, 2.75) is 57.3 Å². The molecule has 0 aromatic rings. The van der Waals surface area contributed by atoms with E-state index in [4.69, 9.17) is 14.6 Å². The summed E-state index contributed by atoms with van der Waals surface area (Å²) < 4.78 is 10.1. The zero-order valence-corrected chi connectivity index (χ0v) is 11.5. The van der Waals surface area contributed by atoms with Crippen molar-refractivity contribution < 1.29 is 34.4 Å². The van der Waals surface area contributed by atoms with Gasteiger partial charge in [-0.05, 0) is 6.42 Å². The lowest BCUT2D eigenvalue weighted by Crippen LogP contribution is -2.65. The van der Waals surface area contributed by atoms with Crippen LogP contribution < -0.4 is 5.32 Å². The summed E-state index contributed by atoms with van der Waals surface area (Å²) in [5.41, 5.74) is 0. The first kappa shape index (κ1) is 16.8. The minimum absolute atomic E-state index is 0.150. The van der Waals surface area contributed by atoms with Crippen LogP contribution in [-0.4, -0.2) is 64.4 Å². The maximum absolute atomic E-state index is 11.6. The summed E-state index contributed by atoms with van der Waals surface area (Å²) >= 11 is 0. The highest BCUT2D eigenvalue weighted by atomic mass is 16.6. The summed E-state index contributed by atoms with van der Waals surface area (Å²) in [6, 6.07) is -1.09. The Hall–Kier alpha value is -1.22. The monoisotopic (exact) mass is 291 g/mol. The van der Waals surface area contributed by atoms with Crippen molar-refractivity contribution in [3.8, 4) is 0 Å². The van der Waals surface area contributed by atoms with Gasteiger partial charge in [0.2, 0.25) is 5.91 Å². The number of nitrogens with one attached hydrogen (secondary N) is 1. The van der Waals surface area contributed by atoms with Crippen molar-refractivity contribution in [1.29, 1.82) is 0 Å². The quantitative estimate of drug-likeness (QED) is 0.444. The maximum atomic E-state index is 11.6. The van der Waals surface area contributed by atoms with E-state index in [0.717, 1.165) is 0 Å². The van der Waals surface area contributed by atoms with Crippen LogP contribution in [-0.2, 0) is 19.1 Å². The smallest absolute Gasteiger partial charge is 0.306 e. The maximum Gasteiger partial charge on any atom is 0.306 e. The van der Waals surface area contributed by atoms with Crippen molar-refractivity contribution in [3.05, 3.63) is 0 Å². The molecule has 8 heteroatoms. The van der Waals surface area contributed by atoms with Crippen LogP contribution in [0.4, 0.5) is 0 Å². The third kappa shape index (κ3) is 4.14. The molecule has 1 aliphatic rings. The third-order valence-electron chi connectivity index (χ3n) is 2.96. The van der Waals surface area contributed by atoms with Gasteiger partial charge in [0.25, 0.3) is 0 Å². The Morgan fingerprint density at radius 1 is 1.35 bits per heavy atom. The topological polar surface area (TPSA) is 125 Å². The molecule has 1 aliphatic heterocycles. The first-order chi connectivity index (χ1) is 9.40. The Bertz CT molecular complexity index is 349. The predicted octanol–water partition coefficient (Wildman–Crippen LogP) is -1.73. The highest BCUT2D eigenvalue weighted by Crippen LogP contribution is 2.23. The van der Waals surface area contributed by atoms with Gasteiger partial charge in [0.05, 0.1) is 6.61 Å². The molecule has 0 aliphatic carbocycles. The van der Waals surface area contributed by atoms with Crippen molar-refractivity contribution in [2.75, 3.05) is 6.61 Å². The van der Waals surface area contributed by atoms with Crippen LogP contribution in [0.5, 0.6) is 0 Å². The van der Waals surface area contributed by atoms with Gasteiger partial charge in [-0.2, -0.15) is 0 Å². The van der Waals surface area contributed by atoms with E-state index in [-0.39, 0.29) is 6.42 Å². The lowest BCUT2D eigenvalue weighted by Gasteiger charge is -2.41. The summed E-state index contributed by atoms with van der Waals surface area (Å²) in [4.78, 5) is 22.7. The number of carbonyl (C=O) groups excluding carboxylic acids is 2. The van der Waals surface area contributed by atoms with Crippen LogP contribution in [0.1, 0.15) is 26.7 Å².